The molecule has 0 radical (unpaired) electrons. The fourth-order valence-corrected chi connectivity index (χ4v) is 3.89. The molecule has 3 rings (SSSR count). The summed E-state index contributed by atoms with van der Waals surface area (Å²) in [5, 5.41) is 0. The Balaban J connectivity index is 1.89. The zero-order valence-electron chi connectivity index (χ0n) is 13.0. The average molecular weight is 338 g/mol. The van der Waals surface area contributed by atoms with E-state index in [9.17, 15) is 8.42 Å². The maximum atomic E-state index is 12.6. The summed E-state index contributed by atoms with van der Waals surface area (Å²) in [6.07, 6.45) is 3.33. The van der Waals surface area contributed by atoms with Gasteiger partial charge in [-0.2, -0.15) is 0 Å². The van der Waals surface area contributed by atoms with Gasteiger partial charge in [-0.25, -0.2) is 13.1 Å². The van der Waals surface area contributed by atoms with Crippen LogP contribution in [-0.2, 0) is 15.8 Å². The molecule has 0 spiro atoms. The molecule has 4 nitrogen and oxygen atoms in total. The summed E-state index contributed by atoms with van der Waals surface area (Å²) >= 11 is 0. The normalized spacial score (nSPS) is 12.7. The van der Waals surface area contributed by atoms with Gasteiger partial charge in [0.2, 0.25) is 10.0 Å². The van der Waals surface area contributed by atoms with Crippen LogP contribution in [0, 0.1) is 0 Å². The van der Waals surface area contributed by atoms with Crippen LogP contribution in [0.5, 0.6) is 0 Å². The molecule has 0 aliphatic carbocycles. The van der Waals surface area contributed by atoms with Crippen LogP contribution in [0.3, 0.4) is 0 Å². The van der Waals surface area contributed by atoms with E-state index in [-0.39, 0.29) is 5.75 Å². The van der Waals surface area contributed by atoms with Crippen molar-refractivity contribution in [1.29, 1.82) is 0 Å². The second kappa shape index (κ2) is 7.38. The van der Waals surface area contributed by atoms with Gasteiger partial charge in [-0.1, -0.05) is 60.7 Å². The van der Waals surface area contributed by atoms with E-state index in [0.717, 1.165) is 16.7 Å². The molecule has 1 N–H and O–H groups in total. The van der Waals surface area contributed by atoms with Gasteiger partial charge in [0.25, 0.3) is 0 Å². The lowest BCUT2D eigenvalue weighted by molar-refractivity contribution is 0.571. The second-order valence-corrected chi connectivity index (χ2v) is 7.24. The Hall–Kier alpha value is -2.50. The molecule has 3 aromatic rings. The first kappa shape index (κ1) is 16.4. The Kier molecular flexibility index (Phi) is 5.03. The minimum atomic E-state index is -3.50. The Labute approximate surface area is 142 Å². The van der Waals surface area contributed by atoms with Crippen molar-refractivity contribution in [1.82, 2.24) is 9.71 Å². The smallest absolute Gasteiger partial charge is 0.216 e. The molecule has 0 amide bonds. The van der Waals surface area contributed by atoms with Crippen LogP contribution in [0.1, 0.15) is 22.7 Å². The number of pyridine rings is 1. The van der Waals surface area contributed by atoms with Crippen LogP contribution in [0.15, 0.2) is 85.2 Å². The first-order valence-corrected chi connectivity index (χ1v) is 9.28. The molecule has 24 heavy (non-hydrogen) atoms. The van der Waals surface area contributed by atoms with Gasteiger partial charge in [0, 0.05) is 12.4 Å². The Morgan fingerprint density at radius 2 is 1.33 bits per heavy atom. The lowest BCUT2D eigenvalue weighted by Gasteiger charge is -2.19. The van der Waals surface area contributed by atoms with Crippen molar-refractivity contribution >= 4 is 10.0 Å². The van der Waals surface area contributed by atoms with Crippen LogP contribution >= 0.6 is 0 Å². The van der Waals surface area contributed by atoms with Gasteiger partial charge in [0.15, 0.2) is 0 Å². The summed E-state index contributed by atoms with van der Waals surface area (Å²) in [6, 6.07) is 21.9. The second-order valence-electron chi connectivity index (χ2n) is 5.49. The monoisotopic (exact) mass is 338 g/mol. The molecule has 0 aliphatic rings. The lowest BCUT2D eigenvalue weighted by Crippen LogP contribution is -2.30. The molecular weight excluding hydrogens is 320 g/mol. The van der Waals surface area contributed by atoms with Crippen molar-refractivity contribution in [2.45, 2.75) is 11.8 Å². The average Bonchev–Trinajstić information content (AvgIpc) is 2.62. The first-order valence-electron chi connectivity index (χ1n) is 7.63. The van der Waals surface area contributed by atoms with E-state index in [2.05, 4.69) is 9.71 Å². The van der Waals surface area contributed by atoms with E-state index in [1.807, 2.05) is 72.8 Å². The summed E-state index contributed by atoms with van der Waals surface area (Å²) in [6.45, 7) is 0. The molecule has 0 saturated carbocycles. The molecule has 0 bridgehead atoms. The van der Waals surface area contributed by atoms with E-state index < -0.39 is 16.1 Å². The zero-order chi connectivity index (χ0) is 16.8. The number of rotatable bonds is 6. The topological polar surface area (TPSA) is 59.1 Å². The molecule has 1 heterocycles. The third-order valence-corrected chi connectivity index (χ3v) is 4.98. The van der Waals surface area contributed by atoms with Crippen LogP contribution in [0.25, 0.3) is 0 Å². The molecule has 0 saturated heterocycles. The fourth-order valence-electron chi connectivity index (χ4n) is 2.54. The van der Waals surface area contributed by atoms with Gasteiger partial charge in [0.1, 0.15) is 0 Å². The highest BCUT2D eigenvalue weighted by molar-refractivity contribution is 7.88. The largest absolute Gasteiger partial charge is 0.265 e. The van der Waals surface area contributed by atoms with E-state index in [4.69, 9.17) is 0 Å². The van der Waals surface area contributed by atoms with Gasteiger partial charge in [-0.3, -0.25) is 4.98 Å². The van der Waals surface area contributed by atoms with Crippen molar-refractivity contribution in [2.24, 2.45) is 0 Å². The van der Waals surface area contributed by atoms with Crippen molar-refractivity contribution in [3.63, 3.8) is 0 Å². The molecule has 1 atom stereocenters. The summed E-state index contributed by atoms with van der Waals surface area (Å²) < 4.78 is 28.1. The molecule has 5 heteroatoms. The van der Waals surface area contributed by atoms with Crippen LogP contribution < -0.4 is 4.72 Å². The Morgan fingerprint density at radius 3 is 1.96 bits per heavy atom. The predicted octanol–water partition coefficient (Wildman–Crippen LogP) is 3.29. The standard InChI is InChI=1S/C19H18N2O2S/c22-24(23,15-16-7-3-1-4-8-16)21-19(17-9-5-2-6-10-17)18-11-13-20-14-12-18/h1-14,19,21H,15H2/t19-/m1/s1. The van der Waals surface area contributed by atoms with Crippen LogP contribution in [0.4, 0.5) is 0 Å². The van der Waals surface area contributed by atoms with Gasteiger partial charge < -0.3 is 0 Å². The minimum absolute atomic E-state index is 0.0533. The highest BCUT2D eigenvalue weighted by Crippen LogP contribution is 2.23. The SMILES string of the molecule is O=S(=O)(Cc1ccccc1)N[C@H](c1ccccc1)c1ccncc1. The highest BCUT2D eigenvalue weighted by atomic mass is 32.2. The summed E-state index contributed by atoms with van der Waals surface area (Å²) in [7, 11) is -3.50. The number of sulfonamides is 1. The van der Waals surface area contributed by atoms with E-state index in [1.165, 1.54) is 0 Å². The number of hydrogen-bond donors (Lipinski definition) is 1. The minimum Gasteiger partial charge on any atom is -0.265 e. The molecule has 0 aliphatic heterocycles. The van der Waals surface area contributed by atoms with Crippen molar-refractivity contribution < 1.29 is 8.42 Å². The van der Waals surface area contributed by atoms with Crippen LogP contribution in [-0.4, -0.2) is 13.4 Å². The molecule has 1 aromatic heterocycles. The summed E-state index contributed by atoms with van der Waals surface area (Å²) in [5.41, 5.74) is 2.50. The number of nitrogens with zero attached hydrogens (tertiary/aromatic N) is 1. The van der Waals surface area contributed by atoms with Gasteiger partial charge in [-0.15, -0.1) is 0 Å². The fraction of sp³-hybridized carbons (Fsp3) is 0.105. The van der Waals surface area contributed by atoms with Gasteiger partial charge >= 0.3 is 0 Å². The molecular formula is C19H18N2O2S. The van der Waals surface area contributed by atoms with Crippen molar-refractivity contribution in [2.75, 3.05) is 0 Å². The lowest BCUT2D eigenvalue weighted by atomic mass is 10.0. The number of nitrogens with one attached hydrogen (secondary N) is 1. The van der Waals surface area contributed by atoms with Gasteiger partial charge in [0.05, 0.1) is 11.8 Å². The predicted molar refractivity (Wildman–Crippen MR) is 94.7 cm³/mol. The summed E-state index contributed by atoms with van der Waals surface area (Å²) in [5.74, 6) is -0.0533. The molecule has 0 fully saturated rings. The quantitative estimate of drug-likeness (QED) is 0.750. The van der Waals surface area contributed by atoms with Crippen molar-refractivity contribution in [3.8, 4) is 0 Å². The van der Waals surface area contributed by atoms with Crippen molar-refractivity contribution in [3.05, 3.63) is 102 Å². The summed E-state index contributed by atoms with van der Waals surface area (Å²) in [4.78, 5) is 4.01. The third kappa shape index (κ3) is 4.28. The maximum absolute atomic E-state index is 12.6. The van der Waals surface area contributed by atoms with E-state index in [1.54, 1.807) is 12.4 Å². The third-order valence-electron chi connectivity index (χ3n) is 3.67. The zero-order valence-corrected chi connectivity index (χ0v) is 13.9. The number of aromatic nitrogens is 1. The maximum Gasteiger partial charge on any atom is 0.216 e. The number of hydrogen-bond acceptors (Lipinski definition) is 3. The number of benzene rings is 2. The highest BCUT2D eigenvalue weighted by Gasteiger charge is 2.21. The first-order chi connectivity index (χ1) is 11.6. The van der Waals surface area contributed by atoms with E-state index >= 15 is 0 Å². The Morgan fingerprint density at radius 1 is 0.792 bits per heavy atom. The molecule has 2 aromatic carbocycles. The van der Waals surface area contributed by atoms with E-state index in [0.29, 0.717) is 0 Å². The Bertz CT molecular complexity index is 828. The van der Waals surface area contributed by atoms with Gasteiger partial charge in [-0.05, 0) is 28.8 Å². The molecule has 0 unspecified atom stereocenters. The van der Waals surface area contributed by atoms with Crippen LogP contribution in [0.2, 0.25) is 0 Å². The molecule has 122 valence electrons.